The first-order chi connectivity index (χ1) is 7.13. The van der Waals surface area contributed by atoms with E-state index in [1.807, 2.05) is 0 Å². The lowest BCUT2D eigenvalue weighted by atomic mass is 10.1. The van der Waals surface area contributed by atoms with Gasteiger partial charge in [0.15, 0.2) is 0 Å². The fraction of sp³-hybridized carbons (Fsp3) is 0.200. The second-order valence-electron chi connectivity index (χ2n) is 3.34. The zero-order valence-electron chi connectivity index (χ0n) is 8.40. The van der Waals surface area contributed by atoms with E-state index in [0.717, 1.165) is 5.39 Å². The summed E-state index contributed by atoms with van der Waals surface area (Å²) in [6, 6.07) is 2.73. The van der Waals surface area contributed by atoms with Crippen molar-refractivity contribution in [3.8, 4) is 0 Å². The Balaban J connectivity index is 2.84. The van der Waals surface area contributed by atoms with Gasteiger partial charge in [0.25, 0.3) is 0 Å². The van der Waals surface area contributed by atoms with Gasteiger partial charge in [-0.3, -0.25) is 4.68 Å². The van der Waals surface area contributed by atoms with E-state index in [0.29, 0.717) is 16.8 Å². The Labute approximate surface area is 85.6 Å². The lowest BCUT2D eigenvalue weighted by Gasteiger charge is -2.02. The van der Waals surface area contributed by atoms with Gasteiger partial charge in [-0.2, -0.15) is 5.10 Å². The van der Waals surface area contributed by atoms with Gasteiger partial charge < -0.3 is 5.21 Å². The molecule has 0 amide bonds. The highest BCUT2D eigenvalue weighted by Gasteiger charge is 2.10. The molecule has 1 N–H and O–H groups in total. The maximum atomic E-state index is 13.3. The first kappa shape index (κ1) is 9.64. The van der Waals surface area contributed by atoms with Gasteiger partial charge >= 0.3 is 0 Å². The molecule has 0 radical (unpaired) electrons. The van der Waals surface area contributed by atoms with Crippen LogP contribution in [0, 0.1) is 5.82 Å². The fourth-order valence-corrected chi connectivity index (χ4v) is 1.57. The molecule has 0 atom stereocenters. The van der Waals surface area contributed by atoms with Crippen molar-refractivity contribution in [1.29, 1.82) is 0 Å². The monoisotopic (exact) mass is 207 g/mol. The molecule has 1 aromatic heterocycles. The van der Waals surface area contributed by atoms with E-state index < -0.39 is 0 Å². The van der Waals surface area contributed by atoms with Crippen LogP contribution in [0.15, 0.2) is 23.5 Å². The van der Waals surface area contributed by atoms with Crippen LogP contribution in [0.2, 0.25) is 0 Å². The number of hydrogen-bond acceptors (Lipinski definition) is 3. The van der Waals surface area contributed by atoms with Crippen molar-refractivity contribution in [2.24, 2.45) is 12.2 Å². The number of fused-ring (bicyclic) bond motifs is 1. The topological polar surface area (TPSA) is 50.4 Å². The van der Waals surface area contributed by atoms with Gasteiger partial charge in [0.05, 0.1) is 17.4 Å². The van der Waals surface area contributed by atoms with E-state index in [1.54, 1.807) is 24.9 Å². The summed E-state index contributed by atoms with van der Waals surface area (Å²) in [6.45, 7) is 1.61. The molecule has 78 valence electrons. The Hall–Kier alpha value is -1.91. The highest BCUT2D eigenvalue weighted by atomic mass is 19.1. The van der Waals surface area contributed by atoms with Gasteiger partial charge in [0.2, 0.25) is 0 Å². The number of hydrogen-bond donors (Lipinski definition) is 1. The van der Waals surface area contributed by atoms with Crippen LogP contribution < -0.4 is 0 Å². The number of oxime groups is 1. The van der Waals surface area contributed by atoms with Crippen molar-refractivity contribution in [3.63, 3.8) is 0 Å². The second kappa shape index (κ2) is 3.34. The van der Waals surface area contributed by atoms with Crippen molar-refractivity contribution >= 4 is 16.6 Å². The van der Waals surface area contributed by atoms with Crippen LogP contribution in [-0.2, 0) is 7.05 Å². The van der Waals surface area contributed by atoms with Crippen molar-refractivity contribution in [1.82, 2.24) is 9.78 Å². The molecule has 1 heterocycles. The summed E-state index contributed by atoms with van der Waals surface area (Å²) < 4.78 is 14.8. The standard InChI is InChI=1S/C10H10FN3O/c1-6(13-15)8-3-7(11)4-10-9(8)5-12-14(10)2/h3-5,15H,1-2H3/b13-6+. The lowest BCUT2D eigenvalue weighted by Crippen LogP contribution is -1.97. The van der Waals surface area contributed by atoms with E-state index in [1.165, 1.54) is 12.1 Å². The summed E-state index contributed by atoms with van der Waals surface area (Å²) in [5, 5.41) is 16.6. The van der Waals surface area contributed by atoms with Gasteiger partial charge in [-0.25, -0.2) is 4.39 Å². The summed E-state index contributed by atoms with van der Waals surface area (Å²) in [5.41, 5.74) is 1.60. The predicted molar refractivity (Wildman–Crippen MR) is 54.7 cm³/mol. The average molecular weight is 207 g/mol. The molecule has 1 aromatic carbocycles. The molecule has 0 bridgehead atoms. The van der Waals surface area contributed by atoms with Crippen LogP contribution in [0.25, 0.3) is 10.9 Å². The highest BCUT2D eigenvalue weighted by molar-refractivity contribution is 6.08. The van der Waals surface area contributed by atoms with E-state index in [4.69, 9.17) is 5.21 Å². The van der Waals surface area contributed by atoms with Gasteiger partial charge in [0.1, 0.15) is 5.82 Å². The number of benzene rings is 1. The zero-order chi connectivity index (χ0) is 11.0. The maximum Gasteiger partial charge on any atom is 0.126 e. The molecule has 5 heteroatoms. The molecule has 2 aromatic rings. The summed E-state index contributed by atoms with van der Waals surface area (Å²) in [7, 11) is 1.73. The molecule has 0 unspecified atom stereocenters. The molecule has 0 aliphatic carbocycles. The first-order valence-electron chi connectivity index (χ1n) is 4.43. The van der Waals surface area contributed by atoms with Crippen LogP contribution in [0.1, 0.15) is 12.5 Å². The molecule has 0 aliphatic rings. The third-order valence-corrected chi connectivity index (χ3v) is 2.37. The Morgan fingerprint density at radius 2 is 2.27 bits per heavy atom. The summed E-state index contributed by atoms with van der Waals surface area (Å²) in [6.07, 6.45) is 1.62. The number of halogens is 1. The minimum absolute atomic E-state index is 0.368. The third kappa shape index (κ3) is 1.45. The highest BCUT2D eigenvalue weighted by Crippen LogP contribution is 2.20. The molecule has 15 heavy (non-hydrogen) atoms. The van der Waals surface area contributed by atoms with Crippen molar-refractivity contribution < 1.29 is 9.60 Å². The number of aryl methyl sites for hydroxylation is 1. The first-order valence-corrected chi connectivity index (χ1v) is 4.43. The fourth-order valence-electron chi connectivity index (χ4n) is 1.57. The molecular formula is C10H10FN3O. The van der Waals surface area contributed by atoms with E-state index in [2.05, 4.69) is 10.3 Å². The Bertz CT molecular complexity index is 545. The van der Waals surface area contributed by atoms with Crippen LogP contribution in [-0.4, -0.2) is 20.7 Å². The van der Waals surface area contributed by atoms with E-state index in [-0.39, 0.29) is 5.82 Å². The largest absolute Gasteiger partial charge is 0.411 e. The van der Waals surface area contributed by atoms with Crippen LogP contribution >= 0.6 is 0 Å². The summed E-state index contributed by atoms with van der Waals surface area (Å²) in [5.74, 6) is -0.371. The number of aromatic nitrogens is 2. The zero-order valence-corrected chi connectivity index (χ0v) is 8.40. The quantitative estimate of drug-likeness (QED) is 0.441. The normalized spacial score (nSPS) is 12.3. The Morgan fingerprint density at radius 1 is 1.53 bits per heavy atom. The third-order valence-electron chi connectivity index (χ3n) is 2.37. The van der Waals surface area contributed by atoms with Gasteiger partial charge in [-0.15, -0.1) is 0 Å². The molecular weight excluding hydrogens is 197 g/mol. The van der Waals surface area contributed by atoms with Crippen LogP contribution in [0.4, 0.5) is 4.39 Å². The van der Waals surface area contributed by atoms with E-state index >= 15 is 0 Å². The molecule has 0 saturated heterocycles. The second-order valence-corrected chi connectivity index (χ2v) is 3.34. The molecule has 4 nitrogen and oxygen atoms in total. The van der Waals surface area contributed by atoms with Crippen LogP contribution in [0.3, 0.4) is 0 Å². The van der Waals surface area contributed by atoms with Gasteiger partial charge in [-0.05, 0) is 19.1 Å². The Morgan fingerprint density at radius 3 is 2.93 bits per heavy atom. The van der Waals surface area contributed by atoms with Crippen LogP contribution in [0.5, 0.6) is 0 Å². The molecule has 0 aliphatic heterocycles. The van der Waals surface area contributed by atoms with Crippen molar-refractivity contribution in [2.45, 2.75) is 6.92 Å². The molecule has 0 saturated carbocycles. The van der Waals surface area contributed by atoms with Crippen molar-refractivity contribution in [3.05, 3.63) is 29.7 Å². The lowest BCUT2D eigenvalue weighted by molar-refractivity contribution is 0.319. The average Bonchev–Trinajstić information content (AvgIpc) is 2.58. The minimum atomic E-state index is -0.371. The number of nitrogens with zero attached hydrogens (tertiary/aromatic N) is 3. The SMILES string of the molecule is C/C(=N\O)c1cc(F)cc2c1cnn2C. The smallest absolute Gasteiger partial charge is 0.126 e. The van der Waals surface area contributed by atoms with E-state index in [9.17, 15) is 4.39 Å². The molecule has 0 spiro atoms. The maximum absolute atomic E-state index is 13.3. The minimum Gasteiger partial charge on any atom is -0.411 e. The van der Waals surface area contributed by atoms with Crippen molar-refractivity contribution in [2.75, 3.05) is 0 Å². The number of rotatable bonds is 1. The van der Waals surface area contributed by atoms with Gasteiger partial charge in [-0.1, -0.05) is 5.16 Å². The Kier molecular flexibility index (Phi) is 2.15. The summed E-state index contributed by atoms with van der Waals surface area (Å²) >= 11 is 0. The summed E-state index contributed by atoms with van der Waals surface area (Å²) in [4.78, 5) is 0. The molecule has 0 fully saturated rings. The molecule has 2 rings (SSSR count). The predicted octanol–water partition coefficient (Wildman–Crippen LogP) is 1.91. The van der Waals surface area contributed by atoms with Gasteiger partial charge in [0, 0.05) is 18.0 Å².